The van der Waals surface area contributed by atoms with Gasteiger partial charge in [0.2, 0.25) is 0 Å². The van der Waals surface area contributed by atoms with Gasteiger partial charge in [-0.2, -0.15) is 5.10 Å². The molecule has 2 aromatic carbocycles. The lowest BCUT2D eigenvalue weighted by Gasteiger charge is -2.31. The normalized spacial score (nSPS) is 15.5. The molecule has 0 atom stereocenters. The van der Waals surface area contributed by atoms with Gasteiger partial charge in [0.05, 0.1) is 18.3 Å². The number of H-pyrrole nitrogens is 1. The zero-order valence-electron chi connectivity index (χ0n) is 14.0. The highest BCUT2D eigenvalue weighted by molar-refractivity contribution is 5.96. The number of amides is 1. The molecule has 0 bridgehead atoms. The molecule has 3 heterocycles. The molecule has 2 N–H and O–H groups in total. The number of carbonyl (C=O) groups excluding carboxylic acids is 1. The number of benzene rings is 2. The van der Waals surface area contributed by atoms with E-state index in [2.05, 4.69) is 32.5 Å². The first-order chi connectivity index (χ1) is 12.8. The van der Waals surface area contributed by atoms with Gasteiger partial charge >= 0.3 is 6.09 Å². The molecule has 0 spiro atoms. The van der Waals surface area contributed by atoms with E-state index >= 15 is 0 Å². The summed E-state index contributed by atoms with van der Waals surface area (Å²) in [4.78, 5) is 20.0. The summed E-state index contributed by atoms with van der Waals surface area (Å²) in [5, 5.41) is 12.1. The molecule has 0 aliphatic carbocycles. The minimum absolute atomic E-state index is 0.463. The summed E-state index contributed by atoms with van der Waals surface area (Å²) in [6, 6.07) is 16.0. The molecule has 1 aromatic heterocycles. The van der Waals surface area contributed by atoms with Gasteiger partial charge in [-0.1, -0.05) is 30.3 Å². The van der Waals surface area contributed by atoms with Crippen molar-refractivity contribution in [2.45, 2.75) is 6.42 Å². The summed E-state index contributed by atoms with van der Waals surface area (Å²) in [7, 11) is 0. The van der Waals surface area contributed by atoms with Gasteiger partial charge in [0.25, 0.3) is 0 Å². The number of aromatic amines is 1. The zero-order chi connectivity index (χ0) is 17.5. The van der Waals surface area contributed by atoms with Crippen molar-refractivity contribution in [3.8, 4) is 0 Å². The fraction of sp³-hybridized carbons (Fsp3) is 0.158. The zero-order valence-corrected chi connectivity index (χ0v) is 14.0. The van der Waals surface area contributed by atoms with Crippen molar-refractivity contribution in [3.05, 3.63) is 66.0 Å². The van der Waals surface area contributed by atoms with Crippen molar-refractivity contribution < 1.29 is 9.63 Å². The van der Waals surface area contributed by atoms with Crippen LogP contribution in [0.15, 0.2) is 60.4 Å². The van der Waals surface area contributed by atoms with Crippen molar-refractivity contribution in [1.82, 2.24) is 15.3 Å². The van der Waals surface area contributed by atoms with Crippen LogP contribution in [-0.4, -0.2) is 34.4 Å². The number of allylic oxidation sites excluding steroid dienone is 1. The van der Waals surface area contributed by atoms with Crippen LogP contribution in [0, 0.1) is 0 Å². The number of nitrogens with zero attached hydrogens (tertiary/aromatic N) is 3. The van der Waals surface area contributed by atoms with Crippen molar-refractivity contribution >= 4 is 28.5 Å². The lowest BCUT2D eigenvalue weighted by atomic mass is 10.1. The lowest BCUT2D eigenvalue weighted by Crippen LogP contribution is -2.38. The van der Waals surface area contributed by atoms with Crippen LogP contribution in [0.2, 0.25) is 0 Å². The molecule has 0 unspecified atom stereocenters. The molecule has 0 saturated carbocycles. The van der Waals surface area contributed by atoms with E-state index in [9.17, 15) is 4.79 Å². The average Bonchev–Trinajstić information content (AvgIpc) is 3.22. The predicted octanol–water partition coefficient (Wildman–Crippen LogP) is 3.25. The predicted molar refractivity (Wildman–Crippen MR) is 98.5 cm³/mol. The van der Waals surface area contributed by atoms with E-state index in [0.29, 0.717) is 12.4 Å². The topological polar surface area (TPSA) is 73.5 Å². The van der Waals surface area contributed by atoms with Gasteiger partial charge in [0.15, 0.2) is 5.82 Å². The van der Waals surface area contributed by atoms with Gasteiger partial charge in [0, 0.05) is 29.7 Å². The van der Waals surface area contributed by atoms with Gasteiger partial charge in [0.1, 0.15) is 0 Å². The quantitative estimate of drug-likeness (QED) is 0.744. The lowest BCUT2D eigenvalue weighted by molar-refractivity contribution is -0.0517. The molecule has 5 rings (SSSR count). The van der Waals surface area contributed by atoms with E-state index < -0.39 is 6.09 Å². The van der Waals surface area contributed by atoms with E-state index in [1.165, 1.54) is 11.3 Å². The smallest absolute Gasteiger partial charge is 0.341 e. The molecule has 3 aromatic rings. The SMILES string of the molecule is O=C(Nc1n[nH]c2ccccc12)ON1C=C2Cc3ccccc3N2CC1. The van der Waals surface area contributed by atoms with Crippen molar-refractivity contribution in [2.75, 3.05) is 23.3 Å². The van der Waals surface area contributed by atoms with Gasteiger partial charge in [-0.15, -0.1) is 0 Å². The van der Waals surface area contributed by atoms with Crippen LogP contribution in [0.3, 0.4) is 0 Å². The third kappa shape index (κ3) is 2.45. The maximum Gasteiger partial charge on any atom is 0.437 e. The molecule has 0 fully saturated rings. The Hall–Kier alpha value is -3.48. The van der Waals surface area contributed by atoms with Crippen LogP contribution in [-0.2, 0) is 11.3 Å². The fourth-order valence-electron chi connectivity index (χ4n) is 3.53. The van der Waals surface area contributed by atoms with Crippen LogP contribution < -0.4 is 10.2 Å². The van der Waals surface area contributed by atoms with Crippen molar-refractivity contribution in [3.63, 3.8) is 0 Å². The number of hydrogen-bond donors (Lipinski definition) is 2. The third-order valence-electron chi connectivity index (χ3n) is 4.73. The first kappa shape index (κ1) is 14.8. The third-order valence-corrected chi connectivity index (χ3v) is 4.73. The average molecular weight is 347 g/mol. The Labute approximate surface area is 149 Å². The minimum Gasteiger partial charge on any atom is -0.341 e. The molecule has 0 saturated heterocycles. The highest BCUT2D eigenvalue weighted by atomic mass is 16.7. The molecule has 1 amide bonds. The molecule has 0 radical (unpaired) electrons. The van der Waals surface area contributed by atoms with E-state index in [-0.39, 0.29) is 0 Å². The van der Waals surface area contributed by atoms with Gasteiger partial charge in [-0.3, -0.25) is 10.4 Å². The number of aromatic nitrogens is 2. The molecule has 26 heavy (non-hydrogen) atoms. The maximum absolute atomic E-state index is 12.3. The molecule has 130 valence electrons. The number of hydroxylamine groups is 2. The van der Waals surface area contributed by atoms with Crippen molar-refractivity contribution in [2.24, 2.45) is 0 Å². The Morgan fingerprint density at radius 3 is 2.92 bits per heavy atom. The maximum atomic E-state index is 12.3. The second kappa shape index (κ2) is 5.80. The Balaban J connectivity index is 1.29. The van der Waals surface area contributed by atoms with Crippen molar-refractivity contribution in [1.29, 1.82) is 0 Å². The van der Waals surface area contributed by atoms with E-state index in [0.717, 1.165) is 29.6 Å². The van der Waals surface area contributed by atoms with E-state index in [1.54, 1.807) is 5.06 Å². The molecular formula is C19H17N5O2. The highest BCUT2D eigenvalue weighted by Crippen LogP contribution is 2.35. The van der Waals surface area contributed by atoms with Crippen LogP contribution >= 0.6 is 0 Å². The Morgan fingerprint density at radius 2 is 1.96 bits per heavy atom. The van der Waals surface area contributed by atoms with Crippen LogP contribution in [0.4, 0.5) is 16.3 Å². The van der Waals surface area contributed by atoms with E-state index in [4.69, 9.17) is 4.84 Å². The number of nitrogens with one attached hydrogen (secondary N) is 2. The Kier molecular flexibility index (Phi) is 3.31. The van der Waals surface area contributed by atoms with E-state index in [1.807, 2.05) is 42.6 Å². The highest BCUT2D eigenvalue weighted by Gasteiger charge is 2.28. The summed E-state index contributed by atoms with van der Waals surface area (Å²) in [5.74, 6) is 0.463. The number of anilines is 2. The van der Waals surface area contributed by atoms with Crippen LogP contribution in [0.5, 0.6) is 0 Å². The fourth-order valence-corrected chi connectivity index (χ4v) is 3.53. The standard InChI is InChI=1S/C19H17N5O2/c25-19(20-18-15-6-2-3-7-16(15)21-22-18)26-23-9-10-24-14(12-23)11-13-5-1-4-8-17(13)24/h1-8,12H,9-11H2,(H2,20,21,22,25). The van der Waals surface area contributed by atoms with Crippen LogP contribution in [0.1, 0.15) is 5.56 Å². The monoisotopic (exact) mass is 347 g/mol. The molecule has 2 aliphatic rings. The molecule has 2 aliphatic heterocycles. The second-order valence-corrected chi connectivity index (χ2v) is 6.34. The van der Waals surface area contributed by atoms with Crippen LogP contribution in [0.25, 0.3) is 10.9 Å². The number of hydrogen-bond acceptors (Lipinski definition) is 5. The number of carbonyl (C=O) groups is 1. The summed E-state index contributed by atoms with van der Waals surface area (Å²) in [6.07, 6.45) is 2.19. The van der Waals surface area contributed by atoms with Gasteiger partial charge in [-0.05, 0) is 23.8 Å². The number of rotatable bonds is 2. The summed E-state index contributed by atoms with van der Waals surface area (Å²) in [6.45, 7) is 1.38. The molecule has 7 nitrogen and oxygen atoms in total. The van der Waals surface area contributed by atoms with Gasteiger partial charge < -0.3 is 9.74 Å². The summed E-state index contributed by atoms with van der Waals surface area (Å²) >= 11 is 0. The first-order valence-electron chi connectivity index (χ1n) is 8.53. The Morgan fingerprint density at radius 1 is 1.12 bits per heavy atom. The molecular weight excluding hydrogens is 330 g/mol. The molecule has 7 heteroatoms. The number of fused-ring (bicyclic) bond motifs is 4. The largest absolute Gasteiger partial charge is 0.437 e. The minimum atomic E-state index is -0.553. The first-order valence-corrected chi connectivity index (χ1v) is 8.53. The second-order valence-electron chi connectivity index (χ2n) is 6.34. The number of para-hydroxylation sites is 2. The Bertz CT molecular complexity index is 1030. The summed E-state index contributed by atoms with van der Waals surface area (Å²) in [5.41, 5.74) is 4.54. The van der Waals surface area contributed by atoms with Gasteiger partial charge in [-0.25, -0.2) is 9.86 Å². The summed E-state index contributed by atoms with van der Waals surface area (Å²) < 4.78 is 0.